The third kappa shape index (κ3) is 30.0. The summed E-state index contributed by atoms with van der Waals surface area (Å²) in [5.74, 6) is 3.00. The van der Waals surface area contributed by atoms with Crippen LogP contribution in [0, 0.1) is 0 Å². The zero-order valence-corrected chi connectivity index (χ0v) is 47.6. The molecule has 0 aliphatic heterocycles. The lowest BCUT2D eigenvalue weighted by Gasteiger charge is -2.22. The third-order valence-corrected chi connectivity index (χ3v) is 13.2. The second-order valence-electron chi connectivity index (χ2n) is 20.3. The number of nitrogens with zero attached hydrogens (tertiary/aromatic N) is 1. The molecule has 0 bridgehead atoms. The topological polar surface area (TPSA) is 52.2 Å². The van der Waals surface area contributed by atoms with E-state index in [1.807, 2.05) is 18.2 Å². The van der Waals surface area contributed by atoms with Crippen LogP contribution >= 0.6 is 0 Å². The first-order chi connectivity index (χ1) is 34.1. The lowest BCUT2D eigenvalue weighted by molar-refractivity contribution is 0.291. The molecule has 0 amide bonds. The van der Waals surface area contributed by atoms with Gasteiger partial charge in [-0.15, -0.1) is 0 Å². The highest BCUT2D eigenvalue weighted by atomic mass is 16.5. The molecule has 0 radical (unpaired) electrons. The molecule has 0 unspecified atom stereocenters. The molecule has 2 aromatic rings. The number of ether oxygens (including phenoxy) is 4. The molecular weight excluding hydrogens is 873 g/mol. The molecule has 6 heteroatoms. The van der Waals surface area contributed by atoms with Gasteiger partial charge in [-0.1, -0.05) is 117 Å². The Labute approximate surface area is 435 Å². The minimum absolute atomic E-state index is 0.743. The summed E-state index contributed by atoms with van der Waals surface area (Å²) in [4.78, 5) is 2.48. The van der Waals surface area contributed by atoms with Gasteiger partial charge in [-0.25, -0.2) is 0 Å². The zero-order chi connectivity index (χ0) is 52.2. The van der Waals surface area contributed by atoms with E-state index in [2.05, 4.69) is 152 Å². The summed E-state index contributed by atoms with van der Waals surface area (Å²) in [6, 6.07) is 12.3. The Morgan fingerprint density at radius 2 is 0.704 bits per heavy atom. The largest absolute Gasteiger partial charge is 0.493 e. The number of methoxy groups -OCH3 is 4. The molecule has 0 aliphatic carbocycles. The fraction of sp³-hybridized carbons (Fsp3) is 0.538. The predicted molar refractivity (Wildman–Crippen MR) is 309 cm³/mol. The Kier molecular flexibility index (Phi) is 33.3. The van der Waals surface area contributed by atoms with Gasteiger partial charge in [0.2, 0.25) is 0 Å². The molecule has 0 saturated heterocycles. The van der Waals surface area contributed by atoms with E-state index in [0.29, 0.717) is 0 Å². The van der Waals surface area contributed by atoms with Crippen LogP contribution in [0.1, 0.15) is 183 Å². The van der Waals surface area contributed by atoms with Gasteiger partial charge >= 0.3 is 0 Å². The van der Waals surface area contributed by atoms with E-state index in [1.165, 1.54) is 75.0 Å². The van der Waals surface area contributed by atoms with Gasteiger partial charge in [0.1, 0.15) is 0 Å². The van der Waals surface area contributed by atoms with E-state index in [1.54, 1.807) is 28.4 Å². The van der Waals surface area contributed by atoms with Crippen LogP contribution in [-0.2, 0) is 13.1 Å². The number of hydrogen-bond donors (Lipinski definition) is 1. The van der Waals surface area contributed by atoms with Gasteiger partial charge in [0, 0.05) is 32.7 Å². The van der Waals surface area contributed by atoms with Crippen molar-refractivity contribution in [3.63, 3.8) is 0 Å². The van der Waals surface area contributed by atoms with Crippen molar-refractivity contribution in [2.45, 2.75) is 185 Å². The van der Waals surface area contributed by atoms with Crippen LogP contribution in [0.5, 0.6) is 23.0 Å². The molecule has 0 heterocycles. The molecule has 0 saturated carbocycles. The van der Waals surface area contributed by atoms with Crippen molar-refractivity contribution in [3.05, 3.63) is 152 Å². The Morgan fingerprint density at radius 1 is 0.394 bits per heavy atom. The quantitative estimate of drug-likeness (QED) is 0.0538. The second kappa shape index (κ2) is 37.9. The first-order valence-electron chi connectivity index (χ1n) is 26.9. The van der Waals surface area contributed by atoms with Gasteiger partial charge in [0.25, 0.3) is 0 Å². The minimum Gasteiger partial charge on any atom is -0.493 e. The molecule has 0 atom stereocenters. The summed E-state index contributed by atoms with van der Waals surface area (Å²) < 4.78 is 22.0. The third-order valence-electron chi connectivity index (χ3n) is 13.2. The van der Waals surface area contributed by atoms with Crippen molar-refractivity contribution < 1.29 is 18.9 Å². The Balaban J connectivity index is 1.72. The van der Waals surface area contributed by atoms with Crippen LogP contribution in [-0.4, -0.2) is 53.0 Å². The summed E-state index contributed by atoms with van der Waals surface area (Å²) in [6.45, 7) is 26.9. The molecule has 6 nitrogen and oxygen atoms in total. The maximum absolute atomic E-state index is 5.61. The standard InChI is InChI=1S/C65H100N2O4/c1-51(2)23-15-24-52(3)25-16-26-53(4)27-17-28-54(5)29-18-30-55(6)31-19-32-56(7)33-20-34-57(8)35-21-36-58(9)37-22-38-59(10)43-45-67(50-61-40-42-63(69-12)65(48-61)71-14)46-44-66-49-60-39-41-62(68-11)64(47-60)70-13/h23,25,27,29,31,33,35,37,39-43,47-48,66H,15-22,24,26,28,30,32,34,36,38,44-46,49-50H2,1-14H3/b52-25+,53-27+,54-29-,55-31+,56-33+,57-35+,58-37+,59-43+. The molecule has 394 valence electrons. The van der Waals surface area contributed by atoms with E-state index in [0.717, 1.165) is 145 Å². The molecule has 71 heavy (non-hydrogen) atoms. The van der Waals surface area contributed by atoms with E-state index >= 15 is 0 Å². The number of hydrogen-bond acceptors (Lipinski definition) is 6. The highest BCUT2D eigenvalue weighted by molar-refractivity contribution is 5.43. The highest BCUT2D eigenvalue weighted by Crippen LogP contribution is 2.29. The number of nitrogens with one attached hydrogen (secondary N) is 1. The second-order valence-corrected chi connectivity index (χ2v) is 20.3. The Hall–Kier alpha value is -4.78. The van der Waals surface area contributed by atoms with Crippen molar-refractivity contribution >= 4 is 0 Å². The number of allylic oxidation sites excluding steroid dienone is 17. The van der Waals surface area contributed by atoms with Gasteiger partial charge in [0.05, 0.1) is 28.4 Å². The van der Waals surface area contributed by atoms with Gasteiger partial charge in [-0.3, -0.25) is 4.90 Å². The van der Waals surface area contributed by atoms with Crippen molar-refractivity contribution in [3.8, 4) is 23.0 Å². The highest BCUT2D eigenvalue weighted by Gasteiger charge is 2.10. The van der Waals surface area contributed by atoms with Crippen molar-refractivity contribution in [2.24, 2.45) is 0 Å². The average Bonchev–Trinajstić information content (AvgIpc) is 3.34. The normalized spacial score (nSPS) is 13.6. The van der Waals surface area contributed by atoms with Crippen molar-refractivity contribution in [1.82, 2.24) is 10.2 Å². The van der Waals surface area contributed by atoms with E-state index in [4.69, 9.17) is 18.9 Å². The SMILES string of the molecule is COc1ccc(CNCCN(C/C=C(\C)CC/C=C(\C)CC/C=C(\C)CC/C=C(\C)CC/C=C(\C)CC/C=C(/C)CC/C=C(\C)CC/C=C(\C)CCC=C(C)C)Cc2ccc(OC)c(OC)c2)cc1OC. The van der Waals surface area contributed by atoms with Crippen molar-refractivity contribution in [1.29, 1.82) is 0 Å². The molecule has 0 fully saturated rings. The summed E-state index contributed by atoms with van der Waals surface area (Å²) in [7, 11) is 6.71. The maximum atomic E-state index is 5.61. The van der Waals surface area contributed by atoms with E-state index in [9.17, 15) is 0 Å². The molecular formula is C65H100N2O4. The number of rotatable bonds is 37. The van der Waals surface area contributed by atoms with Gasteiger partial charge in [0.15, 0.2) is 23.0 Å². The molecule has 0 spiro atoms. The Morgan fingerprint density at radius 3 is 1.04 bits per heavy atom. The van der Waals surface area contributed by atoms with Gasteiger partial charge in [-0.05, 0) is 207 Å². The lowest BCUT2D eigenvalue weighted by Crippen LogP contribution is -2.32. The Bertz CT molecular complexity index is 2120. The zero-order valence-electron chi connectivity index (χ0n) is 47.6. The van der Waals surface area contributed by atoms with Gasteiger partial charge < -0.3 is 24.3 Å². The molecule has 0 aliphatic rings. The van der Waals surface area contributed by atoms with E-state index in [-0.39, 0.29) is 0 Å². The van der Waals surface area contributed by atoms with Crippen LogP contribution < -0.4 is 24.3 Å². The van der Waals surface area contributed by atoms with Crippen LogP contribution in [0.15, 0.2) is 141 Å². The van der Waals surface area contributed by atoms with Crippen molar-refractivity contribution in [2.75, 3.05) is 48.1 Å². The molecule has 1 N–H and O–H groups in total. The maximum Gasteiger partial charge on any atom is 0.161 e. The average molecular weight is 974 g/mol. The molecule has 2 rings (SSSR count). The number of benzene rings is 2. The van der Waals surface area contributed by atoms with Crippen LogP contribution in [0.25, 0.3) is 0 Å². The molecule has 0 aromatic heterocycles. The smallest absolute Gasteiger partial charge is 0.161 e. The van der Waals surface area contributed by atoms with Crippen LogP contribution in [0.3, 0.4) is 0 Å². The fourth-order valence-corrected chi connectivity index (χ4v) is 8.45. The van der Waals surface area contributed by atoms with E-state index < -0.39 is 0 Å². The lowest BCUT2D eigenvalue weighted by atomic mass is 10.0. The summed E-state index contributed by atoms with van der Waals surface area (Å²) >= 11 is 0. The first-order valence-corrected chi connectivity index (χ1v) is 26.9. The molecule has 2 aromatic carbocycles. The monoisotopic (exact) mass is 973 g/mol. The predicted octanol–water partition coefficient (Wildman–Crippen LogP) is 18.1. The summed E-state index contributed by atoms with van der Waals surface area (Å²) in [5.41, 5.74) is 15.8. The fourth-order valence-electron chi connectivity index (χ4n) is 8.45. The summed E-state index contributed by atoms with van der Waals surface area (Å²) in [6.07, 6.45) is 40.2. The minimum atomic E-state index is 0.743. The van der Waals surface area contributed by atoms with Gasteiger partial charge in [-0.2, -0.15) is 0 Å². The van der Waals surface area contributed by atoms with Crippen LogP contribution in [0.4, 0.5) is 0 Å². The summed E-state index contributed by atoms with van der Waals surface area (Å²) in [5, 5.41) is 3.63. The van der Waals surface area contributed by atoms with Crippen LogP contribution in [0.2, 0.25) is 0 Å². The first kappa shape index (κ1) is 62.3.